The summed E-state index contributed by atoms with van der Waals surface area (Å²) in [6, 6.07) is 5.56. The van der Waals surface area contributed by atoms with Gasteiger partial charge in [0, 0.05) is 10.0 Å². The van der Waals surface area contributed by atoms with E-state index in [-0.39, 0.29) is 6.61 Å². The average Bonchev–Trinajstić information content (AvgIpc) is 2.73. The second-order valence-electron chi connectivity index (χ2n) is 5.32. The van der Waals surface area contributed by atoms with Gasteiger partial charge in [0.05, 0.1) is 5.69 Å². The lowest BCUT2D eigenvalue weighted by Crippen LogP contribution is -2.21. The van der Waals surface area contributed by atoms with E-state index in [4.69, 9.17) is 9.15 Å². The summed E-state index contributed by atoms with van der Waals surface area (Å²) in [6.07, 6.45) is 0. The molecular formula is C17H18BrNO4. The van der Waals surface area contributed by atoms with Crippen LogP contribution >= 0.6 is 15.9 Å². The normalized spacial score (nSPS) is 10.5. The number of anilines is 1. The first-order valence-corrected chi connectivity index (χ1v) is 7.88. The van der Waals surface area contributed by atoms with Gasteiger partial charge >= 0.3 is 5.97 Å². The number of carbonyl (C=O) groups excluding carboxylic acids is 2. The van der Waals surface area contributed by atoms with Crippen LogP contribution in [0.25, 0.3) is 0 Å². The molecule has 0 spiro atoms. The van der Waals surface area contributed by atoms with Crippen LogP contribution in [0.4, 0.5) is 5.69 Å². The number of esters is 1. The van der Waals surface area contributed by atoms with E-state index in [1.807, 2.05) is 19.1 Å². The van der Waals surface area contributed by atoms with Gasteiger partial charge in [-0.1, -0.05) is 6.07 Å². The molecule has 0 aliphatic carbocycles. The van der Waals surface area contributed by atoms with Crippen molar-refractivity contribution < 1.29 is 18.7 Å². The van der Waals surface area contributed by atoms with Crippen molar-refractivity contribution in [1.29, 1.82) is 0 Å². The van der Waals surface area contributed by atoms with E-state index in [1.165, 1.54) is 0 Å². The third kappa shape index (κ3) is 4.01. The number of hydrogen-bond donors (Lipinski definition) is 1. The Morgan fingerprint density at radius 2 is 1.87 bits per heavy atom. The Morgan fingerprint density at radius 3 is 2.43 bits per heavy atom. The summed E-state index contributed by atoms with van der Waals surface area (Å²) in [7, 11) is 0. The Hall–Kier alpha value is -2.08. The number of rotatable bonds is 4. The Labute approximate surface area is 143 Å². The van der Waals surface area contributed by atoms with Crippen LogP contribution in [0, 0.1) is 27.7 Å². The average molecular weight is 380 g/mol. The molecule has 1 heterocycles. The summed E-state index contributed by atoms with van der Waals surface area (Å²) in [5.74, 6) is 0.197. The summed E-state index contributed by atoms with van der Waals surface area (Å²) < 4.78 is 11.2. The fraction of sp³-hybridized carbons (Fsp3) is 0.294. The van der Waals surface area contributed by atoms with Crippen molar-refractivity contribution in [3.05, 3.63) is 50.9 Å². The molecule has 5 nitrogen and oxygen atoms in total. The molecule has 0 saturated heterocycles. The summed E-state index contributed by atoms with van der Waals surface area (Å²) in [5, 5.41) is 2.69. The number of nitrogens with one attached hydrogen (secondary N) is 1. The summed E-state index contributed by atoms with van der Waals surface area (Å²) in [6.45, 7) is 6.85. The number of amides is 1. The number of furan rings is 1. The van der Waals surface area contributed by atoms with E-state index >= 15 is 0 Å². The molecule has 2 aromatic rings. The lowest BCUT2D eigenvalue weighted by molar-refractivity contribution is -0.119. The number of aryl methyl sites for hydroxylation is 3. The minimum absolute atomic E-state index is 0.359. The van der Waals surface area contributed by atoms with Crippen LogP contribution < -0.4 is 5.32 Å². The highest BCUT2D eigenvalue weighted by atomic mass is 79.9. The standard InChI is InChI=1S/C17H18BrNO4/c1-9-5-6-14(13(18)7-9)19-15(20)8-22-17(21)16-10(2)11(3)23-12(16)4/h5-7H,8H2,1-4H3,(H,19,20). The Bertz CT molecular complexity index is 764. The first-order valence-electron chi connectivity index (χ1n) is 7.09. The van der Waals surface area contributed by atoms with Crippen molar-refractivity contribution in [3.8, 4) is 0 Å². The highest BCUT2D eigenvalue weighted by Gasteiger charge is 2.20. The Kier molecular flexibility index (Phi) is 5.26. The topological polar surface area (TPSA) is 68.5 Å². The predicted molar refractivity (Wildman–Crippen MR) is 90.7 cm³/mol. The molecule has 0 unspecified atom stereocenters. The zero-order valence-corrected chi connectivity index (χ0v) is 15.0. The van der Waals surface area contributed by atoms with Gasteiger partial charge in [0.2, 0.25) is 0 Å². The zero-order valence-electron chi connectivity index (χ0n) is 13.5. The Morgan fingerprint density at radius 1 is 1.17 bits per heavy atom. The fourth-order valence-corrected chi connectivity index (χ4v) is 2.80. The SMILES string of the molecule is Cc1ccc(NC(=O)COC(=O)c2c(C)oc(C)c2C)c(Br)c1. The second-order valence-corrected chi connectivity index (χ2v) is 6.18. The minimum Gasteiger partial charge on any atom is -0.465 e. The van der Waals surface area contributed by atoms with Crippen LogP contribution in [0.2, 0.25) is 0 Å². The van der Waals surface area contributed by atoms with Crippen LogP contribution in [0.15, 0.2) is 27.1 Å². The van der Waals surface area contributed by atoms with Crippen molar-refractivity contribution in [3.63, 3.8) is 0 Å². The van der Waals surface area contributed by atoms with Crippen molar-refractivity contribution in [2.24, 2.45) is 0 Å². The molecular weight excluding hydrogens is 362 g/mol. The zero-order chi connectivity index (χ0) is 17.1. The largest absolute Gasteiger partial charge is 0.465 e. The molecule has 0 bridgehead atoms. The van der Waals surface area contributed by atoms with Crippen molar-refractivity contribution in [1.82, 2.24) is 0 Å². The lowest BCUT2D eigenvalue weighted by atomic mass is 10.1. The molecule has 1 aromatic carbocycles. The maximum atomic E-state index is 12.1. The van der Waals surface area contributed by atoms with Crippen LogP contribution in [0.5, 0.6) is 0 Å². The maximum Gasteiger partial charge on any atom is 0.342 e. The number of benzene rings is 1. The highest BCUT2D eigenvalue weighted by Crippen LogP contribution is 2.24. The predicted octanol–water partition coefficient (Wildman–Crippen LogP) is 4.07. The third-order valence-corrected chi connectivity index (χ3v) is 4.15. The first-order chi connectivity index (χ1) is 10.8. The van der Waals surface area contributed by atoms with Crippen LogP contribution in [-0.4, -0.2) is 18.5 Å². The smallest absolute Gasteiger partial charge is 0.342 e. The number of carbonyl (C=O) groups is 2. The third-order valence-electron chi connectivity index (χ3n) is 3.50. The molecule has 23 heavy (non-hydrogen) atoms. The number of hydrogen-bond acceptors (Lipinski definition) is 4. The van der Waals surface area contributed by atoms with Crippen molar-refractivity contribution >= 4 is 33.5 Å². The van der Waals surface area contributed by atoms with E-state index < -0.39 is 11.9 Å². The van der Waals surface area contributed by atoms with Gasteiger partial charge in [0.25, 0.3) is 5.91 Å². The van der Waals surface area contributed by atoms with Gasteiger partial charge in [0.1, 0.15) is 17.1 Å². The molecule has 0 saturated carbocycles. The van der Waals surface area contributed by atoms with Crippen molar-refractivity contribution in [2.75, 3.05) is 11.9 Å². The molecule has 1 N–H and O–H groups in total. The van der Waals surface area contributed by atoms with Crippen molar-refractivity contribution in [2.45, 2.75) is 27.7 Å². The van der Waals surface area contributed by atoms with Crippen LogP contribution in [0.1, 0.15) is 33.0 Å². The molecule has 122 valence electrons. The summed E-state index contributed by atoms with van der Waals surface area (Å²) in [5.41, 5.74) is 2.81. The molecule has 1 aromatic heterocycles. The molecule has 0 radical (unpaired) electrons. The monoisotopic (exact) mass is 379 g/mol. The molecule has 0 atom stereocenters. The Balaban J connectivity index is 1.97. The number of ether oxygens (including phenoxy) is 1. The van der Waals surface area contributed by atoms with Gasteiger partial charge in [0.15, 0.2) is 6.61 Å². The highest BCUT2D eigenvalue weighted by molar-refractivity contribution is 9.10. The van der Waals surface area contributed by atoms with E-state index in [2.05, 4.69) is 21.2 Å². The first kappa shape index (κ1) is 17.3. The molecule has 6 heteroatoms. The van der Waals surface area contributed by atoms with E-state index in [1.54, 1.807) is 26.8 Å². The van der Waals surface area contributed by atoms with Gasteiger partial charge in [-0.2, -0.15) is 0 Å². The van der Waals surface area contributed by atoms with Crippen LogP contribution in [-0.2, 0) is 9.53 Å². The van der Waals surface area contributed by atoms with Gasteiger partial charge in [-0.05, 0) is 61.3 Å². The van der Waals surface area contributed by atoms with E-state index in [0.29, 0.717) is 22.8 Å². The van der Waals surface area contributed by atoms with Crippen LogP contribution in [0.3, 0.4) is 0 Å². The second kappa shape index (κ2) is 7.00. The van der Waals surface area contributed by atoms with Gasteiger partial charge in [-0.15, -0.1) is 0 Å². The number of halogens is 1. The molecule has 1 amide bonds. The van der Waals surface area contributed by atoms with Gasteiger partial charge in [-0.25, -0.2) is 4.79 Å². The van der Waals surface area contributed by atoms with Gasteiger partial charge in [-0.3, -0.25) is 4.79 Å². The summed E-state index contributed by atoms with van der Waals surface area (Å²) >= 11 is 3.38. The quantitative estimate of drug-likeness (QED) is 0.812. The molecule has 0 aliphatic heterocycles. The molecule has 0 fully saturated rings. The lowest BCUT2D eigenvalue weighted by Gasteiger charge is -2.09. The maximum absolute atomic E-state index is 12.1. The molecule has 2 rings (SSSR count). The summed E-state index contributed by atoms with van der Waals surface area (Å²) in [4.78, 5) is 24.0. The van der Waals surface area contributed by atoms with Gasteiger partial charge < -0.3 is 14.5 Å². The molecule has 0 aliphatic rings. The minimum atomic E-state index is -0.560. The fourth-order valence-electron chi connectivity index (χ4n) is 2.21. The van der Waals surface area contributed by atoms with E-state index in [9.17, 15) is 9.59 Å². The van der Waals surface area contributed by atoms with E-state index in [0.717, 1.165) is 15.6 Å².